The molecule has 0 bridgehead atoms. The summed E-state index contributed by atoms with van der Waals surface area (Å²) in [5, 5.41) is 12.9. The van der Waals surface area contributed by atoms with Gasteiger partial charge in [-0.05, 0) is 19.1 Å². The van der Waals surface area contributed by atoms with E-state index in [0.29, 0.717) is 18.1 Å². The lowest BCUT2D eigenvalue weighted by atomic mass is 10.3. The smallest absolute Gasteiger partial charge is 0.266 e. The number of hydrogen-bond donors (Lipinski definition) is 0. The molecule has 0 N–H and O–H groups in total. The molecule has 1 aliphatic rings. The maximum Gasteiger partial charge on any atom is 0.266 e. The van der Waals surface area contributed by atoms with Crippen molar-refractivity contribution in [3.63, 3.8) is 0 Å². The maximum atomic E-state index is 12.2. The zero-order chi connectivity index (χ0) is 20.5. The molecule has 0 saturated carbocycles. The zero-order valence-electron chi connectivity index (χ0n) is 16.7. The SMILES string of the molecule is Cc1cc(N2CCN(CCn3nc(-n4cccn4)ccc3=O)CC2)n2ncnc2n1. The van der Waals surface area contributed by atoms with Crippen LogP contribution in [0.2, 0.25) is 0 Å². The average molecular weight is 406 g/mol. The van der Waals surface area contributed by atoms with E-state index in [1.165, 1.54) is 17.1 Å². The van der Waals surface area contributed by atoms with Crippen molar-refractivity contribution >= 4 is 11.6 Å². The Morgan fingerprint density at radius 2 is 1.93 bits per heavy atom. The average Bonchev–Trinajstić information content (AvgIpc) is 3.45. The third kappa shape index (κ3) is 3.54. The van der Waals surface area contributed by atoms with Crippen molar-refractivity contribution in [3.05, 3.63) is 59.0 Å². The summed E-state index contributed by atoms with van der Waals surface area (Å²) in [6.07, 6.45) is 5.03. The first-order valence-corrected chi connectivity index (χ1v) is 9.90. The molecule has 1 saturated heterocycles. The van der Waals surface area contributed by atoms with Gasteiger partial charge in [0.1, 0.15) is 12.1 Å². The van der Waals surface area contributed by atoms with Gasteiger partial charge in [0.05, 0.1) is 6.54 Å². The second-order valence-electron chi connectivity index (χ2n) is 7.26. The molecule has 5 heterocycles. The molecule has 4 aromatic heterocycles. The Balaban J connectivity index is 1.23. The molecule has 1 aliphatic heterocycles. The van der Waals surface area contributed by atoms with Crippen molar-refractivity contribution in [2.24, 2.45) is 0 Å². The van der Waals surface area contributed by atoms with E-state index in [2.05, 4.69) is 35.1 Å². The molecule has 0 unspecified atom stereocenters. The standard InChI is InChI=1S/C19H22N10O/c1-15-13-17(29-19(23-15)20-14-22-29)26-10-7-25(8-11-26)9-12-28-18(30)4-3-16(24-28)27-6-2-5-21-27/h2-6,13-14H,7-12H2,1H3. The number of hydrogen-bond acceptors (Lipinski definition) is 8. The summed E-state index contributed by atoms with van der Waals surface area (Å²) >= 11 is 0. The Labute approximate surface area is 172 Å². The number of piperazine rings is 1. The van der Waals surface area contributed by atoms with Crippen LogP contribution < -0.4 is 10.5 Å². The van der Waals surface area contributed by atoms with Gasteiger partial charge in [0.2, 0.25) is 0 Å². The van der Waals surface area contributed by atoms with Crippen LogP contribution in [0.25, 0.3) is 11.6 Å². The van der Waals surface area contributed by atoms with Crippen molar-refractivity contribution < 1.29 is 0 Å². The Morgan fingerprint density at radius 1 is 1.07 bits per heavy atom. The molecular weight excluding hydrogens is 384 g/mol. The van der Waals surface area contributed by atoms with Gasteiger partial charge in [-0.25, -0.2) is 14.3 Å². The molecule has 0 spiro atoms. The fourth-order valence-electron chi connectivity index (χ4n) is 3.70. The monoisotopic (exact) mass is 406 g/mol. The van der Waals surface area contributed by atoms with Gasteiger partial charge >= 0.3 is 0 Å². The second-order valence-corrected chi connectivity index (χ2v) is 7.26. The highest BCUT2D eigenvalue weighted by Crippen LogP contribution is 2.17. The molecule has 1 fully saturated rings. The highest BCUT2D eigenvalue weighted by atomic mass is 16.1. The summed E-state index contributed by atoms with van der Waals surface area (Å²) in [4.78, 5) is 25.5. The molecular formula is C19H22N10O. The van der Waals surface area contributed by atoms with Gasteiger partial charge in [-0.3, -0.25) is 9.69 Å². The van der Waals surface area contributed by atoms with Gasteiger partial charge in [-0.2, -0.15) is 19.7 Å². The molecule has 30 heavy (non-hydrogen) atoms. The zero-order valence-corrected chi connectivity index (χ0v) is 16.7. The van der Waals surface area contributed by atoms with Gasteiger partial charge in [0.15, 0.2) is 5.82 Å². The fourth-order valence-corrected chi connectivity index (χ4v) is 3.70. The van der Waals surface area contributed by atoms with Crippen LogP contribution in [0.15, 0.2) is 47.8 Å². The van der Waals surface area contributed by atoms with E-state index >= 15 is 0 Å². The van der Waals surface area contributed by atoms with Crippen LogP contribution >= 0.6 is 0 Å². The first-order valence-electron chi connectivity index (χ1n) is 9.90. The van der Waals surface area contributed by atoms with Crippen LogP contribution in [-0.2, 0) is 6.54 Å². The van der Waals surface area contributed by atoms with E-state index < -0.39 is 0 Å². The second kappa shape index (κ2) is 7.67. The van der Waals surface area contributed by atoms with E-state index in [-0.39, 0.29) is 5.56 Å². The van der Waals surface area contributed by atoms with Gasteiger partial charge < -0.3 is 4.90 Å². The van der Waals surface area contributed by atoms with Crippen LogP contribution in [-0.4, -0.2) is 76.8 Å². The van der Waals surface area contributed by atoms with E-state index in [1.807, 2.05) is 25.3 Å². The van der Waals surface area contributed by atoms with Crippen molar-refractivity contribution in [3.8, 4) is 5.82 Å². The summed E-state index contributed by atoms with van der Waals surface area (Å²) in [6, 6.07) is 7.10. The lowest BCUT2D eigenvalue weighted by Crippen LogP contribution is -2.48. The summed E-state index contributed by atoms with van der Waals surface area (Å²) in [5.41, 5.74) is 0.820. The number of anilines is 1. The first-order chi connectivity index (χ1) is 14.7. The molecule has 0 radical (unpaired) electrons. The van der Waals surface area contributed by atoms with Crippen LogP contribution in [0.4, 0.5) is 5.82 Å². The number of fused-ring (bicyclic) bond motifs is 1. The predicted octanol–water partition coefficient (Wildman–Crippen LogP) is -0.00268. The van der Waals surface area contributed by atoms with Crippen molar-refractivity contribution in [1.29, 1.82) is 0 Å². The molecule has 0 aromatic carbocycles. The van der Waals surface area contributed by atoms with Crippen molar-refractivity contribution in [2.45, 2.75) is 13.5 Å². The van der Waals surface area contributed by atoms with E-state index in [1.54, 1.807) is 21.5 Å². The third-order valence-electron chi connectivity index (χ3n) is 5.28. The number of rotatable bonds is 5. The molecule has 11 nitrogen and oxygen atoms in total. The van der Waals surface area contributed by atoms with Gasteiger partial charge in [-0.1, -0.05) is 0 Å². The molecule has 11 heteroatoms. The fraction of sp³-hybridized carbons (Fsp3) is 0.368. The maximum absolute atomic E-state index is 12.2. The van der Waals surface area contributed by atoms with E-state index in [9.17, 15) is 4.79 Å². The molecule has 0 amide bonds. The Kier molecular flexibility index (Phi) is 4.71. The van der Waals surface area contributed by atoms with Crippen molar-refractivity contribution in [1.82, 2.24) is 44.0 Å². The van der Waals surface area contributed by atoms with Crippen LogP contribution in [0.5, 0.6) is 0 Å². The van der Waals surface area contributed by atoms with Gasteiger partial charge in [-0.15, -0.1) is 5.10 Å². The van der Waals surface area contributed by atoms with E-state index in [0.717, 1.165) is 44.2 Å². The lowest BCUT2D eigenvalue weighted by Gasteiger charge is -2.35. The van der Waals surface area contributed by atoms with Gasteiger partial charge in [0, 0.05) is 62.9 Å². The molecule has 5 rings (SSSR count). The minimum absolute atomic E-state index is 0.106. The minimum Gasteiger partial charge on any atom is -0.354 e. The van der Waals surface area contributed by atoms with Crippen LogP contribution in [0, 0.1) is 6.92 Å². The molecule has 0 aliphatic carbocycles. The van der Waals surface area contributed by atoms with Crippen molar-refractivity contribution in [2.75, 3.05) is 37.6 Å². The van der Waals surface area contributed by atoms with E-state index in [4.69, 9.17) is 0 Å². The lowest BCUT2D eigenvalue weighted by molar-refractivity contribution is 0.242. The molecule has 4 aromatic rings. The Hall–Kier alpha value is -3.60. The highest BCUT2D eigenvalue weighted by molar-refractivity contribution is 5.47. The minimum atomic E-state index is -0.106. The topological polar surface area (TPSA) is 102 Å². The van der Waals surface area contributed by atoms with Gasteiger partial charge in [0.25, 0.3) is 11.3 Å². The molecule has 0 atom stereocenters. The predicted molar refractivity (Wildman–Crippen MR) is 110 cm³/mol. The summed E-state index contributed by atoms with van der Waals surface area (Å²) < 4.78 is 4.94. The summed E-state index contributed by atoms with van der Waals surface area (Å²) in [5.74, 6) is 2.27. The van der Waals surface area contributed by atoms with Crippen LogP contribution in [0.1, 0.15) is 5.69 Å². The van der Waals surface area contributed by atoms with Crippen LogP contribution in [0.3, 0.4) is 0 Å². The largest absolute Gasteiger partial charge is 0.354 e. The summed E-state index contributed by atoms with van der Waals surface area (Å²) in [6.45, 7) is 6.79. The Morgan fingerprint density at radius 3 is 2.73 bits per heavy atom. The number of aromatic nitrogens is 8. The number of nitrogens with zero attached hydrogens (tertiary/aromatic N) is 10. The number of aryl methyl sites for hydroxylation is 1. The Bertz CT molecular complexity index is 1200. The highest BCUT2D eigenvalue weighted by Gasteiger charge is 2.20. The molecule has 154 valence electrons. The summed E-state index contributed by atoms with van der Waals surface area (Å²) in [7, 11) is 0. The first kappa shape index (κ1) is 18.4. The normalized spacial score (nSPS) is 15.2. The quantitative estimate of drug-likeness (QED) is 0.456. The third-order valence-corrected chi connectivity index (χ3v) is 5.28.